The molecule has 2 nitrogen and oxygen atoms in total. The van der Waals surface area contributed by atoms with Gasteiger partial charge in [0.25, 0.3) is 0 Å². The Bertz CT molecular complexity index is 270. The zero-order valence-corrected chi connectivity index (χ0v) is 5.04. The van der Waals surface area contributed by atoms with Crippen molar-refractivity contribution in [3.8, 4) is 6.07 Å². The third-order valence-corrected chi connectivity index (χ3v) is 1.02. The van der Waals surface area contributed by atoms with Crippen molar-refractivity contribution in [1.82, 2.24) is 0 Å². The maximum atomic E-state index is 12.2. The molecule has 0 fully saturated rings. The summed E-state index contributed by atoms with van der Waals surface area (Å²) in [7, 11) is 0. The number of hydrogen-bond acceptors (Lipinski definition) is 1. The summed E-state index contributed by atoms with van der Waals surface area (Å²) in [6.07, 6.45) is 0. The summed E-state index contributed by atoms with van der Waals surface area (Å²) in [5.74, 6) is -0.337. The van der Waals surface area contributed by atoms with Gasteiger partial charge >= 0.3 is 6.07 Å². The van der Waals surface area contributed by atoms with Gasteiger partial charge in [-0.3, -0.25) is 0 Å². The van der Waals surface area contributed by atoms with E-state index in [1.807, 2.05) is 0 Å². The molecule has 0 spiro atoms. The Morgan fingerprint density at radius 1 is 1.30 bits per heavy atom. The normalized spacial score (nSPS) is 8.10. The summed E-state index contributed by atoms with van der Waals surface area (Å²) in [6, 6.07) is 7.48. The highest BCUT2D eigenvalue weighted by Gasteiger charge is 1.92. The first-order chi connectivity index (χ1) is 4.83. The van der Waals surface area contributed by atoms with Crippen molar-refractivity contribution in [3.63, 3.8) is 0 Å². The molecule has 0 unspecified atom stereocenters. The number of halogens is 1. The zero-order valence-electron chi connectivity index (χ0n) is 5.04. The van der Waals surface area contributed by atoms with Crippen molar-refractivity contribution < 1.29 is 4.39 Å². The molecule has 0 aliphatic carbocycles. The molecule has 50 valence electrons. The number of nitrogens with zero attached hydrogens (tertiary/aromatic N) is 1. The fraction of sp³-hybridized carbons (Fsp3) is 0. The van der Waals surface area contributed by atoms with Crippen LogP contribution in [0.4, 0.5) is 4.39 Å². The molecule has 0 saturated heterocycles. The molecule has 0 amide bonds. The van der Waals surface area contributed by atoms with Gasteiger partial charge in [0.1, 0.15) is 11.4 Å². The topological polar surface area (TPSA) is 27.4 Å². The molecule has 0 radical (unpaired) electrons. The van der Waals surface area contributed by atoms with Gasteiger partial charge in [-0.05, 0) is 24.3 Å². The highest BCUT2D eigenvalue weighted by molar-refractivity contribution is 5.31. The van der Waals surface area contributed by atoms with Gasteiger partial charge in [0.15, 0.2) is 0 Å². The zero-order chi connectivity index (χ0) is 7.40. The minimum atomic E-state index is -0.337. The molecule has 0 atom stereocenters. The van der Waals surface area contributed by atoms with E-state index in [0.29, 0.717) is 5.56 Å². The predicted molar refractivity (Wildman–Crippen MR) is 36.1 cm³/mol. The Kier molecular flexibility index (Phi) is 1.86. The van der Waals surface area contributed by atoms with Crippen molar-refractivity contribution in [3.05, 3.63) is 45.9 Å². The SMILES string of the molecule is [O-][N+]#Cc1ccc([18F])cc1. The summed E-state index contributed by atoms with van der Waals surface area (Å²) in [5, 5.41) is 12.0. The van der Waals surface area contributed by atoms with E-state index in [2.05, 4.69) is 11.1 Å². The average Bonchev–Trinajstić information content (AvgIpc) is 1.95. The van der Waals surface area contributed by atoms with Crippen LogP contribution in [0.2, 0.25) is 0 Å². The lowest BCUT2D eigenvalue weighted by molar-refractivity contribution is 0.627. The summed E-state index contributed by atoms with van der Waals surface area (Å²) >= 11 is 0. The van der Waals surface area contributed by atoms with Crippen LogP contribution in [0.1, 0.15) is 5.56 Å². The molecule has 3 heteroatoms. The molecule has 0 N–H and O–H groups in total. The Balaban J connectivity index is 2.97. The highest BCUT2D eigenvalue weighted by Crippen LogP contribution is 2.00. The second-order valence-corrected chi connectivity index (χ2v) is 1.71. The molecule has 0 bridgehead atoms. The second-order valence-electron chi connectivity index (χ2n) is 1.71. The summed E-state index contributed by atoms with van der Waals surface area (Å²) in [4.78, 5) is 0. The molecular formula is C7H4FNO. The lowest BCUT2D eigenvalue weighted by atomic mass is 10.2. The first kappa shape index (κ1) is 6.56. The third-order valence-electron chi connectivity index (χ3n) is 1.02. The number of hydrogen-bond donors (Lipinski definition) is 0. The van der Waals surface area contributed by atoms with Gasteiger partial charge in [-0.1, -0.05) is 0 Å². The predicted octanol–water partition coefficient (Wildman–Crippen LogP) is 2.00. The molecule has 0 aliphatic rings. The van der Waals surface area contributed by atoms with Gasteiger partial charge in [0.2, 0.25) is 0 Å². The van der Waals surface area contributed by atoms with E-state index < -0.39 is 0 Å². The maximum absolute atomic E-state index is 12.2. The van der Waals surface area contributed by atoms with Crippen molar-refractivity contribution in [2.24, 2.45) is 0 Å². The molecule has 1 aromatic carbocycles. The van der Waals surface area contributed by atoms with Crippen LogP contribution in [-0.4, -0.2) is 0 Å². The van der Waals surface area contributed by atoms with Crippen LogP contribution in [0, 0.1) is 17.1 Å². The van der Waals surface area contributed by atoms with E-state index in [1.54, 1.807) is 0 Å². The van der Waals surface area contributed by atoms with E-state index in [9.17, 15) is 9.60 Å². The van der Waals surface area contributed by atoms with Gasteiger partial charge in [0.05, 0.1) is 0 Å². The van der Waals surface area contributed by atoms with Crippen molar-refractivity contribution >= 4 is 0 Å². The molecule has 1 aromatic rings. The van der Waals surface area contributed by atoms with Crippen molar-refractivity contribution in [2.45, 2.75) is 0 Å². The fourth-order valence-corrected chi connectivity index (χ4v) is 0.577. The Morgan fingerprint density at radius 2 is 1.90 bits per heavy atom. The van der Waals surface area contributed by atoms with E-state index >= 15 is 0 Å². The van der Waals surface area contributed by atoms with Gasteiger partial charge < -0.3 is 5.21 Å². The average molecular weight is 136 g/mol. The van der Waals surface area contributed by atoms with Crippen LogP contribution in [0.3, 0.4) is 0 Å². The van der Waals surface area contributed by atoms with Crippen LogP contribution >= 0.6 is 0 Å². The molecule has 0 aromatic heterocycles. The maximum Gasteiger partial charge on any atom is 0.336 e. The van der Waals surface area contributed by atoms with Crippen molar-refractivity contribution in [1.29, 1.82) is 0 Å². The Morgan fingerprint density at radius 3 is 2.40 bits per heavy atom. The van der Waals surface area contributed by atoms with Crippen LogP contribution in [0.25, 0.3) is 5.01 Å². The van der Waals surface area contributed by atoms with E-state index in [1.165, 1.54) is 24.3 Å². The lowest BCUT2D eigenvalue weighted by Crippen LogP contribution is -1.73. The fourth-order valence-electron chi connectivity index (χ4n) is 0.577. The number of benzene rings is 1. The van der Waals surface area contributed by atoms with E-state index in [-0.39, 0.29) is 5.82 Å². The molecule has 10 heavy (non-hydrogen) atoms. The van der Waals surface area contributed by atoms with Crippen LogP contribution in [0.5, 0.6) is 0 Å². The standard InChI is InChI=1S/C7H4FNO/c8-7-3-1-6(2-4-7)5-9-10/h1-4H/i8-1. The monoisotopic (exact) mass is 136 g/mol. The van der Waals surface area contributed by atoms with E-state index in [0.717, 1.165) is 0 Å². The quantitative estimate of drug-likeness (QED) is 0.501. The van der Waals surface area contributed by atoms with Gasteiger partial charge in [-0.2, -0.15) is 0 Å². The van der Waals surface area contributed by atoms with Gasteiger partial charge in [-0.15, -0.1) is 0 Å². The minimum Gasteiger partial charge on any atom is -0.498 e. The Hall–Kier alpha value is -1.56. The minimum absolute atomic E-state index is 0.337. The molecule has 0 saturated carbocycles. The largest absolute Gasteiger partial charge is 0.498 e. The lowest BCUT2D eigenvalue weighted by Gasteiger charge is -1.83. The van der Waals surface area contributed by atoms with Crippen LogP contribution in [-0.2, 0) is 0 Å². The summed E-state index contributed by atoms with van der Waals surface area (Å²) in [6.45, 7) is 0. The molecule has 0 aliphatic heterocycles. The van der Waals surface area contributed by atoms with E-state index in [4.69, 9.17) is 0 Å². The van der Waals surface area contributed by atoms with Crippen LogP contribution < -0.4 is 0 Å². The van der Waals surface area contributed by atoms with Gasteiger partial charge in [0, 0.05) is 5.01 Å². The summed E-state index contributed by atoms with van der Waals surface area (Å²) < 4.78 is 12.2. The van der Waals surface area contributed by atoms with Crippen LogP contribution in [0.15, 0.2) is 24.3 Å². The first-order valence-electron chi connectivity index (χ1n) is 2.67. The Labute approximate surface area is 57.3 Å². The van der Waals surface area contributed by atoms with Gasteiger partial charge in [-0.25, -0.2) is 4.39 Å². The molecule has 0 heterocycles. The molecular weight excluding hydrogens is 132 g/mol. The smallest absolute Gasteiger partial charge is 0.336 e. The first-order valence-corrected chi connectivity index (χ1v) is 2.67. The summed E-state index contributed by atoms with van der Waals surface area (Å²) in [5.41, 5.74) is 0.483. The third kappa shape index (κ3) is 1.46. The number of rotatable bonds is 0. The second kappa shape index (κ2) is 2.83. The molecule has 1 rings (SSSR count). The van der Waals surface area contributed by atoms with Crippen molar-refractivity contribution in [2.75, 3.05) is 0 Å². The highest BCUT2D eigenvalue weighted by atomic mass is 18.2.